The van der Waals surface area contributed by atoms with Crippen molar-refractivity contribution in [1.29, 1.82) is 0 Å². The third-order valence-corrected chi connectivity index (χ3v) is 4.22. The third-order valence-electron chi connectivity index (χ3n) is 4.22. The quantitative estimate of drug-likeness (QED) is 0.785. The van der Waals surface area contributed by atoms with E-state index in [0.717, 1.165) is 17.7 Å². The van der Waals surface area contributed by atoms with Crippen LogP contribution in [-0.2, 0) is 4.79 Å². The third kappa shape index (κ3) is 2.81. The minimum atomic E-state index is -1.07. The van der Waals surface area contributed by atoms with Gasteiger partial charge in [-0.15, -0.1) is 0 Å². The fourth-order valence-electron chi connectivity index (χ4n) is 2.65. The molecule has 23 heavy (non-hydrogen) atoms. The van der Waals surface area contributed by atoms with E-state index in [1.54, 1.807) is 0 Å². The number of benzene rings is 1. The molecule has 1 aromatic carbocycles. The van der Waals surface area contributed by atoms with E-state index in [1.807, 2.05) is 0 Å². The van der Waals surface area contributed by atoms with Crippen LogP contribution in [0.3, 0.4) is 0 Å². The minimum absolute atomic E-state index is 0.166. The lowest BCUT2D eigenvalue weighted by molar-refractivity contribution is -0.139. The molecule has 7 heteroatoms. The number of imide groups is 1. The average Bonchev–Trinajstić information content (AvgIpc) is 3.32. The van der Waals surface area contributed by atoms with Crippen LogP contribution in [0.2, 0.25) is 0 Å². The monoisotopic (exact) mass is 316 g/mol. The van der Waals surface area contributed by atoms with Crippen molar-refractivity contribution in [2.45, 2.75) is 25.3 Å². The van der Waals surface area contributed by atoms with Crippen molar-refractivity contribution in [3.63, 3.8) is 0 Å². The van der Waals surface area contributed by atoms with E-state index >= 15 is 0 Å². The molecule has 0 bridgehead atoms. The second kappa shape index (κ2) is 5.49. The number of carboxylic acids is 1. The number of carbonyl (C=O) groups excluding carboxylic acids is 3. The first-order valence-electron chi connectivity index (χ1n) is 7.38. The van der Waals surface area contributed by atoms with Gasteiger partial charge in [-0.1, -0.05) is 12.8 Å². The Morgan fingerprint density at radius 1 is 1.26 bits per heavy atom. The lowest BCUT2D eigenvalue weighted by atomic mass is 10.0. The van der Waals surface area contributed by atoms with Gasteiger partial charge in [-0.05, 0) is 30.5 Å². The number of nitrogens with one attached hydrogen (secondary N) is 1. The molecule has 0 spiro atoms. The van der Waals surface area contributed by atoms with Gasteiger partial charge >= 0.3 is 5.97 Å². The zero-order chi connectivity index (χ0) is 16.7. The topological polar surface area (TPSA) is 104 Å². The Morgan fingerprint density at radius 3 is 2.52 bits per heavy atom. The van der Waals surface area contributed by atoms with Crippen molar-refractivity contribution >= 4 is 23.7 Å². The maximum Gasteiger partial charge on any atom is 0.326 e. The van der Waals surface area contributed by atoms with Crippen LogP contribution in [0, 0.1) is 5.92 Å². The van der Waals surface area contributed by atoms with Crippen LogP contribution in [0.15, 0.2) is 18.2 Å². The molecule has 3 amide bonds. The van der Waals surface area contributed by atoms with Gasteiger partial charge in [-0.3, -0.25) is 19.3 Å². The molecule has 1 heterocycles. The number of carbonyl (C=O) groups is 4. The Bertz CT molecular complexity index is 723. The normalized spacial score (nSPS) is 17.9. The Hall–Kier alpha value is -2.70. The molecule has 2 aliphatic rings. The van der Waals surface area contributed by atoms with Gasteiger partial charge in [0.15, 0.2) is 0 Å². The first kappa shape index (κ1) is 15.2. The summed E-state index contributed by atoms with van der Waals surface area (Å²) in [5.74, 6) is -2.15. The predicted octanol–water partition coefficient (Wildman–Crippen LogP) is 0.895. The molecule has 1 unspecified atom stereocenters. The zero-order valence-corrected chi connectivity index (χ0v) is 12.5. The van der Waals surface area contributed by atoms with Crippen molar-refractivity contribution < 1.29 is 24.3 Å². The van der Waals surface area contributed by atoms with Crippen molar-refractivity contribution in [2.24, 2.45) is 5.92 Å². The summed E-state index contributed by atoms with van der Waals surface area (Å²) < 4.78 is 0. The maximum atomic E-state index is 12.2. The molecule has 1 atom stereocenters. The zero-order valence-electron chi connectivity index (χ0n) is 12.5. The number of nitrogens with zero attached hydrogens (tertiary/aromatic N) is 1. The van der Waals surface area contributed by atoms with E-state index in [0.29, 0.717) is 12.3 Å². The smallest absolute Gasteiger partial charge is 0.326 e. The van der Waals surface area contributed by atoms with Gasteiger partial charge in [-0.2, -0.15) is 0 Å². The van der Waals surface area contributed by atoms with Gasteiger partial charge in [0.25, 0.3) is 17.7 Å². The SMILES string of the molecule is CN1C(=O)c2ccc(C(=O)NC(CC3CC3)C(=O)O)cc2C1=O. The highest BCUT2D eigenvalue weighted by Crippen LogP contribution is 2.33. The summed E-state index contributed by atoms with van der Waals surface area (Å²) in [4.78, 5) is 48.2. The Labute approximate surface area is 132 Å². The summed E-state index contributed by atoms with van der Waals surface area (Å²) in [6.45, 7) is 0. The van der Waals surface area contributed by atoms with Crippen LogP contribution in [0.1, 0.15) is 50.3 Å². The van der Waals surface area contributed by atoms with Gasteiger partial charge in [0.2, 0.25) is 0 Å². The second-order valence-electron chi connectivity index (χ2n) is 5.97. The van der Waals surface area contributed by atoms with E-state index in [1.165, 1.54) is 25.2 Å². The van der Waals surface area contributed by atoms with E-state index in [2.05, 4.69) is 5.32 Å². The molecule has 1 aromatic rings. The van der Waals surface area contributed by atoms with Crippen molar-refractivity contribution in [1.82, 2.24) is 10.2 Å². The Morgan fingerprint density at radius 2 is 1.91 bits per heavy atom. The molecule has 1 fully saturated rings. The number of carboxylic acid groups (broad SMARTS) is 1. The molecule has 3 rings (SSSR count). The fraction of sp³-hybridized carbons (Fsp3) is 0.375. The lowest BCUT2D eigenvalue weighted by Gasteiger charge is -2.14. The summed E-state index contributed by atoms with van der Waals surface area (Å²) >= 11 is 0. The highest BCUT2D eigenvalue weighted by atomic mass is 16.4. The number of rotatable bonds is 5. The molecule has 1 aliphatic heterocycles. The predicted molar refractivity (Wildman–Crippen MR) is 79.1 cm³/mol. The first-order chi connectivity index (χ1) is 10.9. The maximum absolute atomic E-state index is 12.2. The molecule has 0 aromatic heterocycles. The van der Waals surface area contributed by atoms with Gasteiger partial charge in [0, 0.05) is 12.6 Å². The molecule has 7 nitrogen and oxygen atoms in total. The average molecular weight is 316 g/mol. The van der Waals surface area contributed by atoms with Gasteiger partial charge in [-0.25, -0.2) is 4.79 Å². The Balaban J connectivity index is 1.79. The highest BCUT2D eigenvalue weighted by Gasteiger charge is 2.34. The molecule has 0 saturated heterocycles. The molecular weight excluding hydrogens is 300 g/mol. The molecule has 2 N–H and O–H groups in total. The fourth-order valence-corrected chi connectivity index (χ4v) is 2.65. The first-order valence-corrected chi connectivity index (χ1v) is 7.38. The summed E-state index contributed by atoms with van der Waals surface area (Å²) in [7, 11) is 1.38. The summed E-state index contributed by atoms with van der Waals surface area (Å²) in [5, 5.41) is 11.7. The van der Waals surface area contributed by atoms with E-state index in [4.69, 9.17) is 0 Å². The number of hydrogen-bond donors (Lipinski definition) is 2. The standard InChI is InChI=1S/C16H16N2O5/c1-18-14(20)10-5-4-9(7-11(10)15(18)21)13(19)17-12(16(22)23)6-8-2-3-8/h4-5,7-8,12H,2-3,6H2,1H3,(H,17,19)(H,22,23). The van der Waals surface area contributed by atoms with Crippen LogP contribution in [-0.4, -0.2) is 46.8 Å². The number of fused-ring (bicyclic) bond motifs is 1. The second-order valence-corrected chi connectivity index (χ2v) is 5.97. The summed E-state index contributed by atoms with van der Waals surface area (Å²) in [6.07, 6.45) is 2.38. The van der Waals surface area contributed by atoms with E-state index < -0.39 is 29.7 Å². The van der Waals surface area contributed by atoms with E-state index in [-0.39, 0.29) is 16.7 Å². The van der Waals surface area contributed by atoms with Crippen LogP contribution in [0.5, 0.6) is 0 Å². The van der Waals surface area contributed by atoms with E-state index in [9.17, 15) is 24.3 Å². The minimum Gasteiger partial charge on any atom is -0.480 e. The molecule has 1 aliphatic carbocycles. The summed E-state index contributed by atoms with van der Waals surface area (Å²) in [6, 6.07) is 3.24. The molecular formula is C16H16N2O5. The van der Waals surface area contributed by atoms with Crippen LogP contribution >= 0.6 is 0 Å². The lowest BCUT2D eigenvalue weighted by Crippen LogP contribution is -2.41. The van der Waals surface area contributed by atoms with Crippen molar-refractivity contribution in [3.05, 3.63) is 34.9 Å². The molecule has 1 saturated carbocycles. The van der Waals surface area contributed by atoms with Crippen LogP contribution in [0.25, 0.3) is 0 Å². The Kier molecular flexibility index (Phi) is 3.63. The van der Waals surface area contributed by atoms with Gasteiger partial charge in [0.05, 0.1) is 11.1 Å². The van der Waals surface area contributed by atoms with Gasteiger partial charge < -0.3 is 10.4 Å². The number of amides is 3. The number of aliphatic carboxylic acids is 1. The molecule has 0 radical (unpaired) electrons. The van der Waals surface area contributed by atoms with Crippen LogP contribution < -0.4 is 5.32 Å². The van der Waals surface area contributed by atoms with Gasteiger partial charge in [0.1, 0.15) is 6.04 Å². The van der Waals surface area contributed by atoms with Crippen LogP contribution in [0.4, 0.5) is 0 Å². The van der Waals surface area contributed by atoms with Crippen molar-refractivity contribution in [2.75, 3.05) is 7.05 Å². The molecule has 120 valence electrons. The summed E-state index contributed by atoms with van der Waals surface area (Å²) in [5.41, 5.74) is 0.586. The largest absolute Gasteiger partial charge is 0.480 e. The van der Waals surface area contributed by atoms with Crippen molar-refractivity contribution in [3.8, 4) is 0 Å². The highest BCUT2D eigenvalue weighted by molar-refractivity contribution is 6.21. The number of hydrogen-bond acceptors (Lipinski definition) is 4.